The number of rotatable bonds is 2. The van der Waals surface area contributed by atoms with Crippen molar-refractivity contribution in [3.05, 3.63) is 21.9 Å². The third-order valence-corrected chi connectivity index (χ3v) is 8.42. The van der Waals surface area contributed by atoms with E-state index in [2.05, 4.69) is 19.6 Å². The molecule has 1 saturated carbocycles. The zero-order valence-corrected chi connectivity index (χ0v) is 17.9. The molecule has 0 amide bonds. The Morgan fingerprint density at radius 3 is 2.52 bits per heavy atom. The van der Waals surface area contributed by atoms with Gasteiger partial charge in [0.2, 0.25) is 0 Å². The fraction of sp³-hybridized carbons (Fsp3) is 0.714. The third-order valence-electron chi connectivity index (χ3n) is 6.37. The van der Waals surface area contributed by atoms with Crippen LogP contribution >= 0.6 is 0 Å². The summed E-state index contributed by atoms with van der Waals surface area (Å²) < 4.78 is 17.5. The average molecular weight is 391 g/mol. The maximum absolute atomic E-state index is 13.3. The Kier molecular flexibility index (Phi) is 4.72. The van der Waals surface area contributed by atoms with Crippen LogP contribution in [-0.4, -0.2) is 44.9 Å². The van der Waals surface area contributed by atoms with E-state index >= 15 is 0 Å². The fourth-order valence-corrected chi connectivity index (χ4v) is 7.51. The molecule has 0 aromatic heterocycles. The van der Waals surface area contributed by atoms with Gasteiger partial charge in [-0.05, 0) is 42.4 Å². The zero-order valence-electron chi connectivity index (χ0n) is 16.9. The van der Waals surface area contributed by atoms with Gasteiger partial charge in [0.05, 0.1) is 21.3 Å². The van der Waals surface area contributed by atoms with Crippen LogP contribution in [0.1, 0.15) is 45.4 Å². The van der Waals surface area contributed by atoms with Gasteiger partial charge in [-0.25, -0.2) is 0 Å². The van der Waals surface area contributed by atoms with Crippen molar-refractivity contribution in [2.24, 2.45) is 5.92 Å². The van der Waals surface area contributed by atoms with Crippen LogP contribution in [0.2, 0.25) is 19.6 Å². The van der Waals surface area contributed by atoms with E-state index in [1.165, 1.54) is 18.1 Å². The van der Waals surface area contributed by atoms with Gasteiger partial charge in [-0.15, -0.1) is 0 Å². The van der Waals surface area contributed by atoms with E-state index in [9.17, 15) is 9.59 Å². The first-order chi connectivity index (χ1) is 12.7. The Labute approximate surface area is 162 Å². The second kappa shape index (κ2) is 6.67. The molecule has 1 aliphatic heterocycles. The number of allylic oxidation sites excluding steroid dienone is 1. The fourth-order valence-electron chi connectivity index (χ4n) is 5.47. The van der Waals surface area contributed by atoms with Gasteiger partial charge in [0.25, 0.3) is 0 Å². The second-order valence-electron chi connectivity index (χ2n) is 9.30. The van der Waals surface area contributed by atoms with Crippen molar-refractivity contribution < 1.29 is 23.8 Å². The smallest absolute Gasteiger partial charge is 0.303 e. The summed E-state index contributed by atoms with van der Waals surface area (Å²) in [5.41, 5.74) is 3.56. The van der Waals surface area contributed by atoms with Crippen molar-refractivity contribution in [1.82, 2.24) is 0 Å². The third kappa shape index (κ3) is 3.26. The molecule has 0 N–H and O–H groups in total. The summed E-state index contributed by atoms with van der Waals surface area (Å²) in [6.45, 7) is 9.36. The van der Waals surface area contributed by atoms with Crippen LogP contribution < -0.4 is 0 Å². The summed E-state index contributed by atoms with van der Waals surface area (Å²) in [4.78, 5) is 25.1. The minimum absolute atomic E-state index is 0.0381. The maximum atomic E-state index is 13.3. The molecule has 4 rings (SSSR count). The molecule has 1 saturated heterocycles. The molecule has 2 fully saturated rings. The number of ether oxygens (including phenoxy) is 3. The summed E-state index contributed by atoms with van der Waals surface area (Å²) >= 11 is 0. The van der Waals surface area contributed by atoms with Crippen LogP contribution in [-0.2, 0) is 23.8 Å². The lowest BCUT2D eigenvalue weighted by Gasteiger charge is -2.38. The lowest BCUT2D eigenvalue weighted by molar-refractivity contribution is -0.180. The Morgan fingerprint density at radius 1 is 1.19 bits per heavy atom. The van der Waals surface area contributed by atoms with Gasteiger partial charge in [0.1, 0.15) is 0 Å². The van der Waals surface area contributed by atoms with Crippen molar-refractivity contribution >= 4 is 19.8 Å². The predicted octanol–water partition coefficient (Wildman–Crippen LogP) is 3.70. The molecule has 1 heterocycles. The summed E-state index contributed by atoms with van der Waals surface area (Å²) in [7, 11) is -1.84. The molecule has 2 atom stereocenters. The van der Waals surface area contributed by atoms with Gasteiger partial charge >= 0.3 is 5.97 Å². The topological polar surface area (TPSA) is 61.8 Å². The Bertz CT molecular complexity index is 736. The van der Waals surface area contributed by atoms with Crippen LogP contribution in [0.4, 0.5) is 0 Å². The molecule has 3 aliphatic carbocycles. The molecule has 0 bridgehead atoms. The number of carbonyl (C=O) groups is 2. The van der Waals surface area contributed by atoms with E-state index in [1.807, 2.05) is 0 Å². The first kappa shape index (κ1) is 19.1. The van der Waals surface area contributed by atoms with E-state index in [-0.39, 0.29) is 11.8 Å². The quantitative estimate of drug-likeness (QED) is 0.531. The minimum atomic E-state index is -1.84. The molecule has 5 nitrogen and oxygen atoms in total. The lowest BCUT2D eigenvalue weighted by Crippen LogP contribution is -2.38. The highest BCUT2D eigenvalue weighted by molar-refractivity contribution is 6.88. The van der Waals surface area contributed by atoms with Gasteiger partial charge in [-0.2, -0.15) is 0 Å². The second-order valence-corrected chi connectivity index (χ2v) is 14.3. The Morgan fingerprint density at radius 2 is 1.89 bits per heavy atom. The predicted molar refractivity (Wildman–Crippen MR) is 104 cm³/mol. The first-order valence-corrected chi connectivity index (χ1v) is 13.7. The summed E-state index contributed by atoms with van der Waals surface area (Å²) in [5, 5.41) is 0.991. The molecule has 27 heavy (non-hydrogen) atoms. The van der Waals surface area contributed by atoms with Crippen molar-refractivity contribution in [2.75, 3.05) is 13.2 Å². The van der Waals surface area contributed by atoms with Gasteiger partial charge < -0.3 is 14.2 Å². The van der Waals surface area contributed by atoms with E-state index in [0.29, 0.717) is 19.1 Å². The van der Waals surface area contributed by atoms with E-state index in [0.717, 1.165) is 49.3 Å². The molecule has 0 radical (unpaired) electrons. The molecule has 148 valence electrons. The summed E-state index contributed by atoms with van der Waals surface area (Å²) in [6.07, 6.45) is 4.84. The van der Waals surface area contributed by atoms with Crippen LogP contribution in [0.15, 0.2) is 21.9 Å². The summed E-state index contributed by atoms with van der Waals surface area (Å²) in [5.74, 6) is -0.440. The molecule has 0 aromatic carbocycles. The zero-order chi connectivity index (χ0) is 19.4. The van der Waals surface area contributed by atoms with E-state index < -0.39 is 20.0 Å². The number of Topliss-reactive ketones (excluding diaryl/α,β-unsaturated/α-hetero) is 1. The lowest BCUT2D eigenvalue weighted by atomic mass is 9.76. The van der Waals surface area contributed by atoms with Crippen molar-refractivity contribution in [1.29, 1.82) is 0 Å². The maximum Gasteiger partial charge on any atom is 0.303 e. The van der Waals surface area contributed by atoms with Gasteiger partial charge in [-0.1, -0.05) is 25.2 Å². The van der Waals surface area contributed by atoms with Crippen molar-refractivity contribution in [2.45, 2.75) is 77.0 Å². The van der Waals surface area contributed by atoms with Crippen LogP contribution in [0.25, 0.3) is 0 Å². The largest absolute Gasteiger partial charge is 0.449 e. The standard InChI is InChI=1S/C21H30O5Si/c1-13(22)26-19-17-15-8-9-21(24-10-11-25-21)12-14(15)6-5-7-16(17)20(18(19)23)27(2,3)4/h14,19H,5-12H2,1-4H3. The average Bonchev–Trinajstić information content (AvgIpc) is 3.05. The Balaban J connectivity index is 1.80. The SMILES string of the molecule is CC(=O)OC1C(=O)C([Si](C)(C)C)=C2CCCC3CC4(CCC3=C21)OCCO4. The highest BCUT2D eigenvalue weighted by atomic mass is 28.3. The molecule has 0 aromatic rings. The highest BCUT2D eigenvalue weighted by Crippen LogP contribution is 2.51. The van der Waals surface area contributed by atoms with Crippen LogP contribution in [0.3, 0.4) is 0 Å². The number of carbonyl (C=O) groups excluding carboxylic acids is 2. The number of esters is 1. The molecular formula is C21H30O5Si. The molecular weight excluding hydrogens is 360 g/mol. The minimum Gasteiger partial charge on any atom is -0.449 e. The molecule has 4 aliphatic rings. The monoisotopic (exact) mass is 390 g/mol. The number of ketones is 1. The van der Waals surface area contributed by atoms with E-state index in [1.54, 1.807) is 0 Å². The number of hydrogen-bond donors (Lipinski definition) is 0. The molecule has 1 spiro atoms. The van der Waals surface area contributed by atoms with Crippen LogP contribution in [0.5, 0.6) is 0 Å². The van der Waals surface area contributed by atoms with Gasteiger partial charge in [0.15, 0.2) is 17.7 Å². The molecule has 6 heteroatoms. The normalized spacial score (nSPS) is 30.4. The van der Waals surface area contributed by atoms with Crippen LogP contribution in [0, 0.1) is 5.92 Å². The highest BCUT2D eigenvalue weighted by Gasteiger charge is 2.50. The Hall–Kier alpha value is -1.24. The number of hydrogen-bond acceptors (Lipinski definition) is 5. The van der Waals surface area contributed by atoms with Gasteiger partial charge in [-0.3, -0.25) is 9.59 Å². The van der Waals surface area contributed by atoms with E-state index in [4.69, 9.17) is 14.2 Å². The van der Waals surface area contributed by atoms with Crippen molar-refractivity contribution in [3.8, 4) is 0 Å². The summed E-state index contributed by atoms with van der Waals surface area (Å²) in [6, 6.07) is 0. The van der Waals surface area contributed by atoms with Gasteiger partial charge in [0, 0.05) is 25.3 Å². The first-order valence-electron chi connectivity index (χ1n) is 10.2. The molecule has 2 unspecified atom stereocenters. The van der Waals surface area contributed by atoms with Crippen molar-refractivity contribution in [3.63, 3.8) is 0 Å². The number of fused-ring (bicyclic) bond motifs is 2.